The molecule has 0 aliphatic carbocycles. The van der Waals surface area contributed by atoms with Crippen LogP contribution in [0.2, 0.25) is 0 Å². The van der Waals surface area contributed by atoms with Crippen LogP contribution in [0.5, 0.6) is 0 Å². The highest BCUT2D eigenvalue weighted by Gasteiger charge is 2.10. The second-order valence-electron chi connectivity index (χ2n) is 3.11. The summed E-state index contributed by atoms with van der Waals surface area (Å²) in [5.41, 5.74) is 0. The third-order valence-corrected chi connectivity index (χ3v) is 1.59. The van der Waals surface area contributed by atoms with Gasteiger partial charge in [0, 0.05) is 0 Å². The molecule has 78 valence electrons. The summed E-state index contributed by atoms with van der Waals surface area (Å²) in [6, 6.07) is 1.37. The number of rotatable bonds is 5. The molecule has 0 aliphatic heterocycles. The van der Waals surface area contributed by atoms with Gasteiger partial charge in [-0.15, -0.1) is 0 Å². The Morgan fingerprint density at radius 3 is 2.93 bits per heavy atom. The number of aromatic nitrogens is 2. The maximum atomic E-state index is 10.3. The van der Waals surface area contributed by atoms with Gasteiger partial charge in [0.25, 0.3) is 0 Å². The van der Waals surface area contributed by atoms with Crippen molar-refractivity contribution in [2.45, 2.75) is 26.5 Å². The van der Waals surface area contributed by atoms with Gasteiger partial charge < -0.3 is 14.9 Å². The Bertz CT molecular complexity index is 309. The van der Waals surface area contributed by atoms with E-state index in [1.165, 1.54) is 10.7 Å². The summed E-state index contributed by atoms with van der Waals surface area (Å²) in [5, 5.41) is 14.0. The van der Waals surface area contributed by atoms with Crippen LogP contribution < -0.4 is 0 Å². The molecule has 0 amide bonds. The SMILES string of the molecule is CC(C)OCCn1ccc([N+](=O)[O-])n1. The van der Waals surface area contributed by atoms with Gasteiger partial charge in [-0.05, 0) is 18.8 Å². The lowest BCUT2D eigenvalue weighted by Crippen LogP contribution is -2.10. The summed E-state index contributed by atoms with van der Waals surface area (Å²) in [7, 11) is 0. The van der Waals surface area contributed by atoms with Crippen molar-refractivity contribution in [2.75, 3.05) is 6.61 Å². The summed E-state index contributed by atoms with van der Waals surface area (Å²) in [4.78, 5) is 9.78. The van der Waals surface area contributed by atoms with E-state index < -0.39 is 4.92 Å². The Morgan fingerprint density at radius 1 is 1.71 bits per heavy atom. The van der Waals surface area contributed by atoms with E-state index in [0.29, 0.717) is 13.2 Å². The molecule has 1 rings (SSSR count). The smallest absolute Gasteiger partial charge is 0.377 e. The molecule has 0 atom stereocenters. The van der Waals surface area contributed by atoms with Crippen molar-refractivity contribution >= 4 is 5.82 Å². The first-order chi connectivity index (χ1) is 6.59. The Kier molecular flexibility index (Phi) is 3.58. The molecule has 6 nitrogen and oxygen atoms in total. The average Bonchev–Trinajstić information content (AvgIpc) is 2.52. The third kappa shape index (κ3) is 3.14. The Morgan fingerprint density at radius 2 is 2.43 bits per heavy atom. The van der Waals surface area contributed by atoms with Gasteiger partial charge in [0.15, 0.2) is 0 Å². The van der Waals surface area contributed by atoms with Gasteiger partial charge in [0.1, 0.15) is 0 Å². The second-order valence-corrected chi connectivity index (χ2v) is 3.11. The van der Waals surface area contributed by atoms with Crippen LogP contribution in [0.15, 0.2) is 12.3 Å². The third-order valence-electron chi connectivity index (χ3n) is 1.59. The molecular formula is C8H13N3O3. The first-order valence-electron chi connectivity index (χ1n) is 4.39. The van der Waals surface area contributed by atoms with Gasteiger partial charge in [0.05, 0.1) is 36.6 Å². The van der Waals surface area contributed by atoms with E-state index in [1.54, 1.807) is 6.20 Å². The quantitative estimate of drug-likeness (QED) is 0.528. The van der Waals surface area contributed by atoms with Crippen molar-refractivity contribution in [1.82, 2.24) is 9.78 Å². The number of nitro groups is 1. The van der Waals surface area contributed by atoms with E-state index in [0.717, 1.165) is 0 Å². The molecule has 0 radical (unpaired) electrons. The molecule has 0 spiro atoms. The van der Waals surface area contributed by atoms with E-state index >= 15 is 0 Å². The summed E-state index contributed by atoms with van der Waals surface area (Å²) in [6.45, 7) is 4.92. The molecule has 14 heavy (non-hydrogen) atoms. The zero-order valence-electron chi connectivity index (χ0n) is 8.21. The minimum absolute atomic E-state index is 0.130. The Labute approximate surface area is 81.6 Å². The van der Waals surface area contributed by atoms with E-state index in [2.05, 4.69) is 5.10 Å². The Balaban J connectivity index is 2.40. The van der Waals surface area contributed by atoms with Crippen molar-refractivity contribution in [3.8, 4) is 0 Å². The van der Waals surface area contributed by atoms with Crippen molar-refractivity contribution in [1.29, 1.82) is 0 Å². The van der Waals surface area contributed by atoms with Gasteiger partial charge >= 0.3 is 5.82 Å². The Hall–Kier alpha value is -1.43. The maximum absolute atomic E-state index is 10.3. The zero-order valence-corrected chi connectivity index (χ0v) is 8.21. The molecular weight excluding hydrogens is 186 g/mol. The minimum atomic E-state index is -0.514. The largest absolute Gasteiger partial charge is 0.389 e. The van der Waals surface area contributed by atoms with Crippen molar-refractivity contribution in [3.05, 3.63) is 22.4 Å². The van der Waals surface area contributed by atoms with Crippen LogP contribution in [0.3, 0.4) is 0 Å². The fourth-order valence-corrected chi connectivity index (χ4v) is 0.955. The monoisotopic (exact) mass is 199 g/mol. The van der Waals surface area contributed by atoms with Crippen molar-refractivity contribution in [2.24, 2.45) is 0 Å². The van der Waals surface area contributed by atoms with Crippen LogP contribution >= 0.6 is 0 Å². The summed E-state index contributed by atoms with van der Waals surface area (Å²) in [6.07, 6.45) is 1.74. The summed E-state index contributed by atoms with van der Waals surface area (Å²) >= 11 is 0. The lowest BCUT2D eigenvalue weighted by Gasteiger charge is -2.04. The standard InChI is InChI=1S/C8H13N3O3/c1-7(2)14-6-5-10-4-3-8(9-10)11(12)13/h3-4,7H,5-6H2,1-2H3. The molecule has 0 bridgehead atoms. The first-order valence-corrected chi connectivity index (χ1v) is 4.39. The maximum Gasteiger partial charge on any atom is 0.389 e. The normalized spacial score (nSPS) is 10.8. The van der Waals surface area contributed by atoms with E-state index in [-0.39, 0.29) is 11.9 Å². The second kappa shape index (κ2) is 4.71. The molecule has 0 fully saturated rings. The van der Waals surface area contributed by atoms with Crippen molar-refractivity contribution in [3.63, 3.8) is 0 Å². The minimum Gasteiger partial charge on any atom is -0.377 e. The number of hydrogen-bond acceptors (Lipinski definition) is 4. The highest BCUT2D eigenvalue weighted by atomic mass is 16.6. The molecule has 0 unspecified atom stereocenters. The van der Waals surface area contributed by atoms with Crippen LogP contribution in [0, 0.1) is 10.1 Å². The van der Waals surface area contributed by atoms with E-state index in [1.807, 2.05) is 13.8 Å². The molecule has 6 heteroatoms. The average molecular weight is 199 g/mol. The van der Waals surface area contributed by atoms with Crippen molar-refractivity contribution < 1.29 is 9.66 Å². The molecule has 1 heterocycles. The van der Waals surface area contributed by atoms with Crippen LogP contribution in [0.4, 0.5) is 5.82 Å². The lowest BCUT2D eigenvalue weighted by molar-refractivity contribution is -0.389. The zero-order chi connectivity index (χ0) is 10.6. The number of ether oxygens (including phenoxy) is 1. The lowest BCUT2D eigenvalue weighted by atomic mass is 10.5. The van der Waals surface area contributed by atoms with E-state index in [9.17, 15) is 10.1 Å². The van der Waals surface area contributed by atoms with Gasteiger partial charge in [-0.25, -0.2) is 0 Å². The van der Waals surface area contributed by atoms with Gasteiger partial charge in [0.2, 0.25) is 0 Å². The summed E-state index contributed by atoms with van der Waals surface area (Å²) < 4.78 is 6.79. The molecule has 1 aromatic rings. The molecule has 0 N–H and O–H groups in total. The molecule has 0 saturated carbocycles. The molecule has 1 aromatic heterocycles. The van der Waals surface area contributed by atoms with Crippen LogP contribution in [-0.2, 0) is 11.3 Å². The topological polar surface area (TPSA) is 70.2 Å². The van der Waals surface area contributed by atoms with Gasteiger partial charge in [-0.2, -0.15) is 4.68 Å². The molecule has 0 aromatic carbocycles. The van der Waals surface area contributed by atoms with Crippen LogP contribution in [0.25, 0.3) is 0 Å². The highest BCUT2D eigenvalue weighted by molar-refractivity contribution is 5.13. The highest BCUT2D eigenvalue weighted by Crippen LogP contribution is 2.04. The molecule has 0 aliphatic rings. The van der Waals surface area contributed by atoms with E-state index in [4.69, 9.17) is 4.74 Å². The van der Waals surface area contributed by atoms with Crippen LogP contribution in [-0.4, -0.2) is 27.4 Å². The van der Waals surface area contributed by atoms with Gasteiger partial charge in [-0.1, -0.05) is 0 Å². The molecule has 0 saturated heterocycles. The number of hydrogen-bond donors (Lipinski definition) is 0. The summed E-state index contributed by atoms with van der Waals surface area (Å²) in [5.74, 6) is -0.130. The number of nitrogens with zero attached hydrogens (tertiary/aromatic N) is 3. The fraction of sp³-hybridized carbons (Fsp3) is 0.625. The van der Waals surface area contributed by atoms with Gasteiger partial charge in [-0.3, -0.25) is 0 Å². The predicted octanol–water partition coefficient (Wildman–Crippen LogP) is 1.22. The van der Waals surface area contributed by atoms with Crippen LogP contribution in [0.1, 0.15) is 13.8 Å². The first kappa shape index (κ1) is 10.6. The fourth-order valence-electron chi connectivity index (χ4n) is 0.955. The predicted molar refractivity (Wildman–Crippen MR) is 50.0 cm³/mol.